The molecule has 0 aliphatic rings. The fraction of sp³-hybridized carbons (Fsp3) is 0.645. The fourth-order valence-electron chi connectivity index (χ4n) is 4.23. The van der Waals surface area contributed by atoms with E-state index < -0.39 is 23.8 Å². The van der Waals surface area contributed by atoms with E-state index in [2.05, 4.69) is 31.1 Å². The summed E-state index contributed by atoms with van der Waals surface area (Å²) in [6.45, 7) is 18.4. The van der Waals surface area contributed by atoms with Crippen LogP contribution in [0.4, 0.5) is 4.79 Å². The van der Waals surface area contributed by atoms with Crippen LogP contribution in [0.1, 0.15) is 111 Å². The van der Waals surface area contributed by atoms with Gasteiger partial charge < -0.3 is 20.3 Å². The van der Waals surface area contributed by atoms with Gasteiger partial charge in [0.25, 0.3) is 0 Å². The SMILES string of the molecule is C=Cc1cccc(C(C(=O)NCCCC)N(CCCCCC)C(=O)C(CC(C)C)NC(=O)OC(C)(C)C)c1. The molecule has 0 aliphatic carbocycles. The molecule has 2 N–H and O–H groups in total. The lowest BCUT2D eigenvalue weighted by Gasteiger charge is -2.35. The Kier molecular flexibility index (Phi) is 14.8. The Morgan fingerprint density at radius 3 is 2.32 bits per heavy atom. The predicted molar refractivity (Wildman–Crippen MR) is 156 cm³/mol. The molecule has 0 fully saturated rings. The summed E-state index contributed by atoms with van der Waals surface area (Å²) in [5.74, 6) is -0.355. The summed E-state index contributed by atoms with van der Waals surface area (Å²) in [6.07, 6.45) is 7.15. The summed E-state index contributed by atoms with van der Waals surface area (Å²) in [7, 11) is 0. The molecule has 1 aromatic rings. The molecular formula is C31H51N3O4. The van der Waals surface area contributed by atoms with E-state index in [0.29, 0.717) is 19.5 Å². The second-order valence-electron chi connectivity index (χ2n) is 11.3. The van der Waals surface area contributed by atoms with E-state index in [1.807, 2.05) is 38.1 Å². The lowest BCUT2D eigenvalue weighted by molar-refractivity contribution is -0.143. The van der Waals surface area contributed by atoms with Crippen LogP contribution in [-0.4, -0.2) is 47.5 Å². The lowest BCUT2D eigenvalue weighted by atomic mass is 9.97. The highest BCUT2D eigenvalue weighted by Gasteiger charge is 2.36. The van der Waals surface area contributed by atoms with Crippen LogP contribution in [0.15, 0.2) is 30.8 Å². The van der Waals surface area contributed by atoms with Crippen LogP contribution in [0.25, 0.3) is 6.08 Å². The number of nitrogens with one attached hydrogen (secondary N) is 2. The first-order chi connectivity index (χ1) is 17.9. The first-order valence-electron chi connectivity index (χ1n) is 14.2. The zero-order valence-corrected chi connectivity index (χ0v) is 24.8. The minimum absolute atomic E-state index is 0.141. The van der Waals surface area contributed by atoms with E-state index in [1.54, 1.807) is 31.7 Å². The average Bonchev–Trinajstić information content (AvgIpc) is 2.83. The number of amides is 3. The van der Waals surface area contributed by atoms with Crippen molar-refractivity contribution in [3.63, 3.8) is 0 Å². The minimum Gasteiger partial charge on any atom is -0.444 e. The topological polar surface area (TPSA) is 87.7 Å². The van der Waals surface area contributed by atoms with Crippen LogP contribution in [0.5, 0.6) is 0 Å². The number of unbranched alkanes of at least 4 members (excludes halogenated alkanes) is 4. The quantitative estimate of drug-likeness (QED) is 0.235. The van der Waals surface area contributed by atoms with Crippen molar-refractivity contribution in [3.8, 4) is 0 Å². The first kappa shape index (κ1) is 33.2. The van der Waals surface area contributed by atoms with Crippen molar-refractivity contribution in [1.82, 2.24) is 15.5 Å². The Labute approximate surface area is 230 Å². The number of hydrogen-bond donors (Lipinski definition) is 2. The van der Waals surface area contributed by atoms with E-state index in [4.69, 9.17) is 4.74 Å². The number of alkyl carbamates (subject to hydrolysis) is 1. The summed E-state index contributed by atoms with van der Waals surface area (Å²) in [5.41, 5.74) is 0.904. The standard InChI is InChI=1S/C31H51N3O4/c1-9-12-14-15-20-34(29(36)26(21-23(4)5)33-30(37)38-31(6,7)8)27(28(35)32-19-13-10-2)25-18-16-17-24(11-3)22-25/h11,16-18,22-23,26-27H,3,9-10,12-15,19-21H2,1-2,4-8H3,(H,32,35)(H,33,37). The Morgan fingerprint density at radius 1 is 1.05 bits per heavy atom. The Balaban J connectivity index is 3.49. The van der Waals surface area contributed by atoms with Crippen LogP contribution < -0.4 is 10.6 Å². The number of carbonyl (C=O) groups excluding carboxylic acids is 3. The van der Waals surface area contributed by atoms with Gasteiger partial charge in [-0.25, -0.2) is 4.79 Å². The van der Waals surface area contributed by atoms with Gasteiger partial charge in [0.05, 0.1) is 0 Å². The van der Waals surface area contributed by atoms with Gasteiger partial charge in [-0.15, -0.1) is 0 Å². The molecule has 0 radical (unpaired) electrons. The maximum Gasteiger partial charge on any atom is 0.408 e. The Bertz CT molecular complexity index is 891. The van der Waals surface area contributed by atoms with Gasteiger partial charge in [0.1, 0.15) is 17.7 Å². The summed E-state index contributed by atoms with van der Waals surface area (Å²) >= 11 is 0. The number of carbonyl (C=O) groups is 3. The van der Waals surface area contributed by atoms with E-state index in [9.17, 15) is 14.4 Å². The number of benzene rings is 1. The van der Waals surface area contributed by atoms with Crippen molar-refractivity contribution >= 4 is 24.0 Å². The van der Waals surface area contributed by atoms with Gasteiger partial charge in [-0.3, -0.25) is 9.59 Å². The predicted octanol–water partition coefficient (Wildman–Crippen LogP) is 6.64. The van der Waals surface area contributed by atoms with Gasteiger partial charge in [-0.1, -0.05) is 84.2 Å². The molecule has 0 spiro atoms. The molecule has 7 heteroatoms. The van der Waals surface area contributed by atoms with Crippen molar-refractivity contribution in [2.45, 2.75) is 111 Å². The molecular weight excluding hydrogens is 478 g/mol. The maximum absolute atomic E-state index is 14.2. The van der Waals surface area contributed by atoms with Crippen LogP contribution in [0, 0.1) is 5.92 Å². The van der Waals surface area contributed by atoms with E-state index in [1.165, 1.54) is 0 Å². The van der Waals surface area contributed by atoms with Crippen LogP contribution in [0.3, 0.4) is 0 Å². The summed E-state index contributed by atoms with van der Waals surface area (Å²) in [6, 6.07) is 5.94. The molecule has 214 valence electrons. The highest BCUT2D eigenvalue weighted by molar-refractivity contribution is 5.92. The Morgan fingerprint density at radius 2 is 1.74 bits per heavy atom. The number of nitrogens with zero attached hydrogens (tertiary/aromatic N) is 1. The monoisotopic (exact) mass is 529 g/mol. The molecule has 38 heavy (non-hydrogen) atoms. The average molecular weight is 530 g/mol. The molecule has 0 bridgehead atoms. The molecule has 0 aliphatic heterocycles. The smallest absolute Gasteiger partial charge is 0.408 e. The van der Waals surface area contributed by atoms with Gasteiger partial charge >= 0.3 is 6.09 Å². The molecule has 0 aromatic heterocycles. The van der Waals surface area contributed by atoms with Crippen LogP contribution >= 0.6 is 0 Å². The second-order valence-corrected chi connectivity index (χ2v) is 11.3. The molecule has 0 heterocycles. The largest absolute Gasteiger partial charge is 0.444 e. The van der Waals surface area contributed by atoms with Crippen molar-refractivity contribution in [2.24, 2.45) is 5.92 Å². The normalized spacial score (nSPS) is 12.9. The molecule has 0 saturated carbocycles. The van der Waals surface area contributed by atoms with Gasteiger partial charge in [0.15, 0.2) is 0 Å². The van der Waals surface area contributed by atoms with Crippen molar-refractivity contribution in [2.75, 3.05) is 13.1 Å². The molecule has 0 saturated heterocycles. The second kappa shape index (κ2) is 16.9. The van der Waals surface area contributed by atoms with Crippen LogP contribution in [-0.2, 0) is 14.3 Å². The number of ether oxygens (including phenoxy) is 1. The van der Waals surface area contributed by atoms with E-state index in [0.717, 1.165) is 49.7 Å². The lowest BCUT2D eigenvalue weighted by Crippen LogP contribution is -2.53. The van der Waals surface area contributed by atoms with Crippen molar-refractivity contribution in [1.29, 1.82) is 0 Å². The van der Waals surface area contributed by atoms with Gasteiger partial charge in [-0.2, -0.15) is 0 Å². The third kappa shape index (κ3) is 12.1. The summed E-state index contributed by atoms with van der Waals surface area (Å²) in [5, 5.41) is 5.84. The molecule has 1 aromatic carbocycles. The molecule has 3 amide bonds. The number of rotatable bonds is 16. The van der Waals surface area contributed by atoms with Crippen molar-refractivity contribution in [3.05, 3.63) is 42.0 Å². The molecule has 7 nitrogen and oxygen atoms in total. The number of hydrogen-bond acceptors (Lipinski definition) is 4. The van der Waals surface area contributed by atoms with Crippen LogP contribution in [0.2, 0.25) is 0 Å². The van der Waals surface area contributed by atoms with E-state index in [-0.39, 0.29) is 17.7 Å². The molecule has 1 rings (SSSR count). The fourth-order valence-corrected chi connectivity index (χ4v) is 4.23. The molecule has 2 unspecified atom stereocenters. The van der Waals surface area contributed by atoms with Gasteiger partial charge in [-0.05, 0) is 63.1 Å². The molecule has 2 atom stereocenters. The highest BCUT2D eigenvalue weighted by atomic mass is 16.6. The minimum atomic E-state index is -0.823. The third-order valence-corrected chi connectivity index (χ3v) is 6.08. The zero-order valence-electron chi connectivity index (χ0n) is 24.8. The van der Waals surface area contributed by atoms with Crippen molar-refractivity contribution < 1.29 is 19.1 Å². The third-order valence-electron chi connectivity index (χ3n) is 6.08. The highest BCUT2D eigenvalue weighted by Crippen LogP contribution is 2.26. The van der Waals surface area contributed by atoms with Gasteiger partial charge in [0.2, 0.25) is 11.8 Å². The van der Waals surface area contributed by atoms with E-state index >= 15 is 0 Å². The zero-order chi connectivity index (χ0) is 28.7. The maximum atomic E-state index is 14.2. The summed E-state index contributed by atoms with van der Waals surface area (Å²) < 4.78 is 5.47. The van der Waals surface area contributed by atoms with Gasteiger partial charge in [0, 0.05) is 13.1 Å². The Hall–Kier alpha value is -2.83. The first-order valence-corrected chi connectivity index (χ1v) is 14.2. The summed E-state index contributed by atoms with van der Waals surface area (Å²) in [4.78, 5) is 42.2.